The van der Waals surface area contributed by atoms with Crippen molar-refractivity contribution in [3.8, 4) is 11.5 Å². The Kier molecular flexibility index (Phi) is 4.96. The number of amides is 1. The molecule has 1 unspecified atom stereocenters. The van der Waals surface area contributed by atoms with E-state index in [4.69, 9.17) is 4.74 Å². The number of benzene rings is 1. The van der Waals surface area contributed by atoms with Crippen LogP contribution < -0.4 is 10.1 Å². The minimum Gasteiger partial charge on any atom is -0.504 e. The van der Waals surface area contributed by atoms with Gasteiger partial charge in [-0.1, -0.05) is 19.9 Å². The van der Waals surface area contributed by atoms with Gasteiger partial charge in [-0.15, -0.1) is 0 Å². The molecular weight excluding hydrogens is 280 g/mol. The molecule has 0 aliphatic carbocycles. The largest absolute Gasteiger partial charge is 0.504 e. The standard InChI is InChI=1S/C17H26N2O3/c1-17(2)8-5-9-18-15(17)16(21)19(3)11-12-6-7-13(20)14(10-12)22-4/h6-7,10,15,18,20H,5,8-9,11H2,1-4H3. The Balaban J connectivity index is 2.08. The summed E-state index contributed by atoms with van der Waals surface area (Å²) in [6.45, 7) is 5.66. The third-order valence-electron chi connectivity index (χ3n) is 4.41. The molecule has 1 heterocycles. The van der Waals surface area contributed by atoms with E-state index in [2.05, 4.69) is 19.2 Å². The molecular formula is C17H26N2O3. The molecule has 1 amide bonds. The predicted molar refractivity (Wildman–Crippen MR) is 85.9 cm³/mol. The first kappa shape index (κ1) is 16.6. The van der Waals surface area contributed by atoms with Crippen molar-refractivity contribution < 1.29 is 14.6 Å². The van der Waals surface area contributed by atoms with Crippen molar-refractivity contribution in [1.82, 2.24) is 10.2 Å². The van der Waals surface area contributed by atoms with Crippen LogP contribution in [0.2, 0.25) is 0 Å². The van der Waals surface area contributed by atoms with Crippen molar-refractivity contribution in [2.45, 2.75) is 39.3 Å². The molecule has 1 aliphatic heterocycles. The highest BCUT2D eigenvalue weighted by Gasteiger charge is 2.38. The fraction of sp³-hybridized carbons (Fsp3) is 0.588. The Bertz CT molecular complexity index is 543. The molecule has 2 N–H and O–H groups in total. The molecule has 122 valence electrons. The summed E-state index contributed by atoms with van der Waals surface area (Å²) in [6, 6.07) is 5.01. The zero-order chi connectivity index (χ0) is 16.3. The number of hydrogen-bond donors (Lipinski definition) is 2. The van der Waals surface area contributed by atoms with Gasteiger partial charge in [0.15, 0.2) is 11.5 Å². The number of nitrogens with zero attached hydrogens (tertiary/aromatic N) is 1. The van der Waals surface area contributed by atoms with Crippen LogP contribution in [-0.4, -0.2) is 42.7 Å². The number of hydrogen-bond acceptors (Lipinski definition) is 4. The van der Waals surface area contributed by atoms with Crippen molar-refractivity contribution in [2.75, 3.05) is 20.7 Å². The zero-order valence-electron chi connectivity index (χ0n) is 13.8. The molecule has 0 saturated carbocycles. The number of methoxy groups -OCH3 is 1. The van der Waals surface area contributed by atoms with Gasteiger partial charge in [-0.2, -0.15) is 0 Å². The van der Waals surface area contributed by atoms with Gasteiger partial charge < -0.3 is 20.1 Å². The van der Waals surface area contributed by atoms with Crippen LogP contribution in [0.15, 0.2) is 18.2 Å². The highest BCUT2D eigenvalue weighted by atomic mass is 16.5. The molecule has 22 heavy (non-hydrogen) atoms. The third kappa shape index (κ3) is 3.53. The molecule has 1 fully saturated rings. The molecule has 5 heteroatoms. The van der Waals surface area contributed by atoms with Crippen molar-refractivity contribution in [3.63, 3.8) is 0 Å². The van der Waals surface area contributed by atoms with Crippen molar-refractivity contribution in [3.05, 3.63) is 23.8 Å². The first-order valence-corrected chi connectivity index (χ1v) is 7.69. The van der Waals surface area contributed by atoms with Crippen LogP contribution in [0.4, 0.5) is 0 Å². The van der Waals surface area contributed by atoms with Gasteiger partial charge in [0.05, 0.1) is 13.2 Å². The van der Waals surface area contributed by atoms with E-state index in [1.54, 1.807) is 23.1 Å². The first-order chi connectivity index (χ1) is 10.3. The van der Waals surface area contributed by atoms with Gasteiger partial charge in [-0.25, -0.2) is 0 Å². The van der Waals surface area contributed by atoms with Crippen LogP contribution >= 0.6 is 0 Å². The van der Waals surface area contributed by atoms with Gasteiger partial charge in [-0.05, 0) is 42.5 Å². The lowest BCUT2D eigenvalue weighted by atomic mass is 9.77. The normalized spacial score (nSPS) is 20.5. The Morgan fingerprint density at radius 1 is 1.50 bits per heavy atom. The van der Waals surface area contributed by atoms with Gasteiger partial charge in [-0.3, -0.25) is 4.79 Å². The second kappa shape index (κ2) is 6.57. The Labute approximate surface area is 132 Å². The number of phenolic OH excluding ortho intramolecular Hbond substituents is 1. The van der Waals surface area contributed by atoms with Crippen LogP contribution in [0.5, 0.6) is 11.5 Å². The molecule has 0 bridgehead atoms. The molecule has 0 radical (unpaired) electrons. The van der Waals surface area contributed by atoms with Crippen LogP contribution in [0.3, 0.4) is 0 Å². The van der Waals surface area contributed by atoms with Gasteiger partial charge in [0.1, 0.15) is 0 Å². The second-order valence-electron chi connectivity index (χ2n) is 6.68. The first-order valence-electron chi connectivity index (χ1n) is 7.69. The minimum absolute atomic E-state index is 0.0315. The van der Waals surface area contributed by atoms with E-state index in [1.807, 2.05) is 7.05 Å². The Hall–Kier alpha value is -1.75. The second-order valence-corrected chi connectivity index (χ2v) is 6.68. The summed E-state index contributed by atoms with van der Waals surface area (Å²) in [4.78, 5) is 14.5. The number of phenols is 1. The maximum atomic E-state index is 12.7. The van der Waals surface area contributed by atoms with E-state index in [0.29, 0.717) is 12.3 Å². The van der Waals surface area contributed by atoms with Crippen molar-refractivity contribution >= 4 is 5.91 Å². The maximum absolute atomic E-state index is 12.7. The third-order valence-corrected chi connectivity index (χ3v) is 4.41. The summed E-state index contributed by atoms with van der Waals surface area (Å²) in [6.07, 6.45) is 2.16. The van der Waals surface area contributed by atoms with Gasteiger partial charge in [0.25, 0.3) is 0 Å². The number of piperidine rings is 1. The minimum atomic E-state index is -0.148. The van der Waals surface area contributed by atoms with Crippen LogP contribution in [0, 0.1) is 5.41 Å². The molecule has 0 aromatic heterocycles. The van der Waals surface area contributed by atoms with E-state index in [9.17, 15) is 9.90 Å². The summed E-state index contributed by atoms with van der Waals surface area (Å²) in [7, 11) is 3.33. The molecule has 1 aromatic rings. The van der Waals surface area contributed by atoms with Crippen LogP contribution in [0.1, 0.15) is 32.3 Å². The van der Waals surface area contributed by atoms with Crippen molar-refractivity contribution in [2.24, 2.45) is 5.41 Å². The van der Waals surface area contributed by atoms with Gasteiger partial charge in [0.2, 0.25) is 5.91 Å². The van der Waals surface area contributed by atoms with Gasteiger partial charge in [0, 0.05) is 13.6 Å². The maximum Gasteiger partial charge on any atom is 0.240 e. The lowest BCUT2D eigenvalue weighted by Gasteiger charge is -2.40. The average Bonchev–Trinajstić information content (AvgIpc) is 2.48. The summed E-state index contributed by atoms with van der Waals surface area (Å²) in [5, 5.41) is 13.0. The lowest BCUT2D eigenvalue weighted by Crippen LogP contribution is -2.55. The van der Waals surface area contributed by atoms with Gasteiger partial charge >= 0.3 is 0 Å². The highest BCUT2D eigenvalue weighted by molar-refractivity contribution is 5.82. The number of ether oxygens (including phenoxy) is 1. The van der Waals surface area contributed by atoms with Crippen LogP contribution in [0.25, 0.3) is 0 Å². The number of carbonyl (C=O) groups excluding carboxylic acids is 1. The average molecular weight is 306 g/mol. The lowest BCUT2D eigenvalue weighted by molar-refractivity contribution is -0.136. The highest BCUT2D eigenvalue weighted by Crippen LogP contribution is 2.31. The molecule has 1 aliphatic rings. The Morgan fingerprint density at radius 3 is 2.86 bits per heavy atom. The van der Waals surface area contributed by atoms with E-state index in [1.165, 1.54) is 7.11 Å². The number of rotatable bonds is 4. The van der Waals surface area contributed by atoms with Crippen LogP contribution in [-0.2, 0) is 11.3 Å². The topological polar surface area (TPSA) is 61.8 Å². The fourth-order valence-corrected chi connectivity index (χ4v) is 3.03. The molecule has 1 saturated heterocycles. The summed E-state index contributed by atoms with van der Waals surface area (Å²) in [5.74, 6) is 0.640. The van der Waals surface area contributed by atoms with E-state index >= 15 is 0 Å². The molecule has 1 atom stereocenters. The monoisotopic (exact) mass is 306 g/mol. The molecule has 1 aromatic carbocycles. The Morgan fingerprint density at radius 2 is 2.23 bits per heavy atom. The molecule has 2 rings (SSSR count). The smallest absolute Gasteiger partial charge is 0.240 e. The number of likely N-dealkylation sites (N-methyl/N-ethyl adjacent to an activating group) is 1. The van der Waals surface area contributed by atoms with E-state index in [0.717, 1.165) is 24.9 Å². The van der Waals surface area contributed by atoms with Crippen molar-refractivity contribution in [1.29, 1.82) is 0 Å². The zero-order valence-corrected chi connectivity index (χ0v) is 13.8. The fourth-order valence-electron chi connectivity index (χ4n) is 3.03. The number of carbonyl (C=O) groups is 1. The molecule has 5 nitrogen and oxygen atoms in total. The SMILES string of the molecule is COc1cc(CN(C)C(=O)C2NCCCC2(C)C)ccc1O. The predicted octanol–water partition coefficient (Wildman–Crippen LogP) is 2.14. The van der Waals surface area contributed by atoms with E-state index in [-0.39, 0.29) is 23.1 Å². The summed E-state index contributed by atoms with van der Waals surface area (Å²) >= 11 is 0. The number of aromatic hydroxyl groups is 1. The number of nitrogens with one attached hydrogen (secondary N) is 1. The molecule has 0 spiro atoms. The van der Waals surface area contributed by atoms with E-state index < -0.39 is 0 Å². The summed E-state index contributed by atoms with van der Waals surface area (Å²) < 4.78 is 5.11. The summed E-state index contributed by atoms with van der Waals surface area (Å²) in [5.41, 5.74) is 0.898. The quantitative estimate of drug-likeness (QED) is 0.894.